The molecule has 3 heterocycles. The third-order valence-electron chi connectivity index (χ3n) is 5.27. The van der Waals surface area contributed by atoms with E-state index in [1.807, 2.05) is 6.07 Å². The SMILES string of the molecule is CCN1CCN(c2ccc3oc(C(=O)N(COC(=O)OC(C)(C)C)C(=O)N(C)C)cc3n2)CC1. The fraction of sp³-hybridized carbons (Fsp3) is 0.565. The second-order valence-corrected chi connectivity index (χ2v) is 9.23. The molecule has 0 N–H and O–H groups in total. The number of furan rings is 1. The largest absolute Gasteiger partial charge is 0.510 e. The number of fused-ring (bicyclic) bond motifs is 1. The average molecular weight is 476 g/mol. The predicted octanol–water partition coefficient (Wildman–Crippen LogP) is 3.00. The Kier molecular flexibility index (Phi) is 7.65. The third kappa shape index (κ3) is 6.16. The number of pyridine rings is 1. The van der Waals surface area contributed by atoms with Crippen molar-refractivity contribution in [3.8, 4) is 0 Å². The molecule has 1 saturated heterocycles. The molecule has 0 bridgehead atoms. The number of piperazine rings is 1. The highest BCUT2D eigenvalue weighted by Crippen LogP contribution is 2.24. The van der Waals surface area contributed by atoms with Crippen LogP contribution in [-0.4, -0.2) is 96.9 Å². The van der Waals surface area contributed by atoms with Crippen molar-refractivity contribution in [1.82, 2.24) is 19.7 Å². The van der Waals surface area contributed by atoms with Gasteiger partial charge in [0, 0.05) is 46.3 Å². The summed E-state index contributed by atoms with van der Waals surface area (Å²) in [6, 6.07) is 4.44. The van der Waals surface area contributed by atoms with Crippen LogP contribution < -0.4 is 4.90 Å². The molecule has 0 saturated carbocycles. The van der Waals surface area contributed by atoms with E-state index in [9.17, 15) is 14.4 Å². The summed E-state index contributed by atoms with van der Waals surface area (Å²) in [6.45, 7) is 11.2. The zero-order valence-corrected chi connectivity index (χ0v) is 20.7. The van der Waals surface area contributed by atoms with Crippen LogP contribution in [0.3, 0.4) is 0 Å². The van der Waals surface area contributed by atoms with E-state index in [0.29, 0.717) is 11.1 Å². The van der Waals surface area contributed by atoms with Crippen molar-refractivity contribution in [1.29, 1.82) is 0 Å². The first kappa shape index (κ1) is 25.3. The fourth-order valence-corrected chi connectivity index (χ4v) is 3.46. The minimum absolute atomic E-state index is 0.0848. The van der Waals surface area contributed by atoms with Gasteiger partial charge in [-0.25, -0.2) is 19.5 Å². The topological polar surface area (TPSA) is 109 Å². The summed E-state index contributed by atoms with van der Waals surface area (Å²) in [5.74, 6) is -0.0330. The molecule has 1 aliphatic rings. The molecule has 0 unspecified atom stereocenters. The van der Waals surface area contributed by atoms with Crippen LogP contribution in [0.1, 0.15) is 38.2 Å². The maximum absolute atomic E-state index is 13.1. The molecule has 0 aromatic carbocycles. The van der Waals surface area contributed by atoms with Gasteiger partial charge in [0.2, 0.25) is 0 Å². The van der Waals surface area contributed by atoms with Crippen molar-refractivity contribution < 1.29 is 28.3 Å². The highest BCUT2D eigenvalue weighted by Gasteiger charge is 2.30. The van der Waals surface area contributed by atoms with Crippen molar-refractivity contribution in [2.75, 3.05) is 58.4 Å². The van der Waals surface area contributed by atoms with Crippen molar-refractivity contribution in [3.63, 3.8) is 0 Å². The first-order valence-corrected chi connectivity index (χ1v) is 11.3. The summed E-state index contributed by atoms with van der Waals surface area (Å²) in [4.78, 5) is 48.9. The van der Waals surface area contributed by atoms with E-state index in [0.717, 1.165) is 43.4 Å². The van der Waals surface area contributed by atoms with Gasteiger partial charge in [0.15, 0.2) is 18.1 Å². The molecule has 34 heavy (non-hydrogen) atoms. The van der Waals surface area contributed by atoms with Gasteiger partial charge < -0.3 is 28.6 Å². The van der Waals surface area contributed by atoms with E-state index in [2.05, 4.69) is 21.7 Å². The van der Waals surface area contributed by atoms with Crippen LogP contribution in [0, 0.1) is 0 Å². The number of nitrogens with zero attached hydrogens (tertiary/aromatic N) is 5. The monoisotopic (exact) mass is 475 g/mol. The Morgan fingerprint density at radius 1 is 1.12 bits per heavy atom. The van der Waals surface area contributed by atoms with E-state index >= 15 is 0 Å². The number of hydrogen-bond acceptors (Lipinski definition) is 9. The number of rotatable bonds is 5. The average Bonchev–Trinajstić information content (AvgIpc) is 3.21. The molecule has 0 spiro atoms. The van der Waals surface area contributed by atoms with Crippen LogP contribution in [0.2, 0.25) is 0 Å². The van der Waals surface area contributed by atoms with Gasteiger partial charge in [-0.15, -0.1) is 0 Å². The highest BCUT2D eigenvalue weighted by atomic mass is 16.7. The van der Waals surface area contributed by atoms with Crippen LogP contribution in [0.15, 0.2) is 22.6 Å². The summed E-state index contributed by atoms with van der Waals surface area (Å²) in [5, 5.41) is 0. The van der Waals surface area contributed by atoms with E-state index in [1.54, 1.807) is 26.8 Å². The maximum atomic E-state index is 13.1. The summed E-state index contributed by atoms with van der Waals surface area (Å²) in [7, 11) is 2.97. The van der Waals surface area contributed by atoms with Gasteiger partial charge in [-0.05, 0) is 39.4 Å². The molecule has 11 heteroatoms. The second kappa shape index (κ2) is 10.3. The van der Waals surface area contributed by atoms with Crippen LogP contribution in [-0.2, 0) is 9.47 Å². The van der Waals surface area contributed by atoms with Crippen molar-refractivity contribution in [2.24, 2.45) is 0 Å². The molecule has 11 nitrogen and oxygen atoms in total. The Labute approximate surface area is 199 Å². The molecule has 0 aliphatic carbocycles. The summed E-state index contributed by atoms with van der Waals surface area (Å²) in [6.07, 6.45) is -0.990. The van der Waals surface area contributed by atoms with Gasteiger partial charge in [0.25, 0.3) is 5.91 Å². The van der Waals surface area contributed by atoms with Gasteiger partial charge in [-0.1, -0.05) is 6.92 Å². The number of hydrogen-bond donors (Lipinski definition) is 0. The minimum Gasteiger partial charge on any atom is -0.449 e. The molecule has 186 valence electrons. The summed E-state index contributed by atoms with van der Waals surface area (Å²) >= 11 is 0. The molecular weight excluding hydrogens is 442 g/mol. The number of anilines is 1. The molecular formula is C23H33N5O6. The van der Waals surface area contributed by atoms with Crippen molar-refractivity contribution in [3.05, 3.63) is 24.0 Å². The number of urea groups is 1. The van der Waals surface area contributed by atoms with E-state index in [1.165, 1.54) is 25.1 Å². The number of ether oxygens (including phenoxy) is 2. The molecule has 1 aliphatic heterocycles. The van der Waals surface area contributed by atoms with Crippen LogP contribution in [0.25, 0.3) is 11.1 Å². The molecule has 2 aromatic rings. The zero-order chi connectivity index (χ0) is 25.0. The lowest BCUT2D eigenvalue weighted by Gasteiger charge is -2.34. The van der Waals surface area contributed by atoms with Gasteiger partial charge >= 0.3 is 12.2 Å². The lowest BCUT2D eigenvalue weighted by Crippen LogP contribution is -2.46. The number of aromatic nitrogens is 1. The van der Waals surface area contributed by atoms with Crippen LogP contribution in [0.5, 0.6) is 0 Å². The summed E-state index contributed by atoms with van der Waals surface area (Å²) < 4.78 is 15.8. The summed E-state index contributed by atoms with van der Waals surface area (Å²) in [5.41, 5.74) is 0.150. The number of imide groups is 1. The first-order chi connectivity index (χ1) is 16.0. The Balaban J connectivity index is 1.77. The molecule has 3 rings (SSSR count). The van der Waals surface area contributed by atoms with Gasteiger partial charge in [0.1, 0.15) is 16.9 Å². The number of carbonyl (C=O) groups is 3. The second-order valence-electron chi connectivity index (χ2n) is 9.23. The van der Waals surface area contributed by atoms with Crippen LogP contribution in [0.4, 0.5) is 15.4 Å². The Morgan fingerprint density at radius 3 is 2.38 bits per heavy atom. The fourth-order valence-electron chi connectivity index (χ4n) is 3.46. The number of amides is 3. The first-order valence-electron chi connectivity index (χ1n) is 11.3. The van der Waals surface area contributed by atoms with Gasteiger partial charge in [-0.2, -0.15) is 0 Å². The lowest BCUT2D eigenvalue weighted by molar-refractivity contribution is -0.0226. The number of carbonyl (C=O) groups excluding carboxylic acids is 3. The highest BCUT2D eigenvalue weighted by molar-refractivity contribution is 6.04. The molecule has 3 amide bonds. The lowest BCUT2D eigenvalue weighted by atomic mass is 10.2. The molecule has 1 fully saturated rings. The third-order valence-corrected chi connectivity index (χ3v) is 5.27. The van der Waals surface area contributed by atoms with Gasteiger partial charge in [0.05, 0.1) is 0 Å². The Morgan fingerprint density at radius 2 is 1.79 bits per heavy atom. The van der Waals surface area contributed by atoms with Crippen molar-refractivity contribution >= 4 is 35.0 Å². The normalized spacial score (nSPS) is 14.7. The van der Waals surface area contributed by atoms with Gasteiger partial charge in [-0.3, -0.25) is 4.79 Å². The molecule has 0 radical (unpaired) electrons. The predicted molar refractivity (Wildman–Crippen MR) is 126 cm³/mol. The standard InChI is InChI=1S/C23H33N5O6/c1-7-26-10-12-27(13-11-26)19-9-8-17-16(24-19)14-18(33-17)20(29)28(21(30)25(5)6)15-32-22(31)34-23(2,3)4/h8-9,14H,7,10-13,15H2,1-6H3. The maximum Gasteiger partial charge on any atom is 0.510 e. The quantitative estimate of drug-likeness (QED) is 0.476. The smallest absolute Gasteiger partial charge is 0.449 e. The Hall–Kier alpha value is -3.34. The van der Waals surface area contributed by atoms with E-state index < -0.39 is 30.4 Å². The van der Waals surface area contributed by atoms with Crippen molar-refractivity contribution in [2.45, 2.75) is 33.3 Å². The van der Waals surface area contributed by atoms with E-state index in [-0.39, 0.29) is 5.76 Å². The van der Waals surface area contributed by atoms with Crippen LogP contribution >= 0.6 is 0 Å². The minimum atomic E-state index is -0.990. The number of likely N-dealkylation sites (N-methyl/N-ethyl adjacent to an activating group) is 1. The molecule has 2 aromatic heterocycles. The Bertz CT molecular complexity index is 1040. The van der Waals surface area contributed by atoms with E-state index in [4.69, 9.17) is 13.9 Å². The zero-order valence-electron chi connectivity index (χ0n) is 20.7. The molecule has 0 atom stereocenters.